The summed E-state index contributed by atoms with van der Waals surface area (Å²) in [7, 11) is 1.70. The van der Waals surface area contributed by atoms with Gasteiger partial charge in [0.25, 0.3) is 0 Å². The number of nitrogens with one attached hydrogen (secondary N) is 1. The van der Waals surface area contributed by atoms with Gasteiger partial charge in [-0.3, -0.25) is 4.39 Å². The lowest BCUT2D eigenvalue weighted by atomic mass is 10.2. The summed E-state index contributed by atoms with van der Waals surface area (Å²) >= 11 is 1.71. The summed E-state index contributed by atoms with van der Waals surface area (Å²) < 4.78 is 16.9. The van der Waals surface area contributed by atoms with E-state index in [-0.39, 0.29) is 6.67 Å². The fourth-order valence-electron chi connectivity index (χ4n) is 1.40. The van der Waals surface area contributed by atoms with E-state index in [1.165, 1.54) is 10.5 Å². The summed E-state index contributed by atoms with van der Waals surface area (Å²) in [5.41, 5.74) is 1.26. The molecular weight excluding hydrogens is 237 g/mol. The van der Waals surface area contributed by atoms with Gasteiger partial charge in [-0.1, -0.05) is 12.1 Å². The van der Waals surface area contributed by atoms with Gasteiger partial charge in [0.1, 0.15) is 0 Å². The summed E-state index contributed by atoms with van der Waals surface area (Å²) in [5, 5.41) is 3.30. The molecule has 96 valence electrons. The Morgan fingerprint density at radius 2 is 2.29 bits per heavy atom. The van der Waals surface area contributed by atoms with E-state index in [2.05, 4.69) is 23.5 Å². The molecule has 1 rings (SSSR count). The maximum atomic E-state index is 12.0. The van der Waals surface area contributed by atoms with E-state index in [1.54, 1.807) is 18.9 Å². The van der Waals surface area contributed by atoms with E-state index < -0.39 is 0 Å². The van der Waals surface area contributed by atoms with Crippen molar-refractivity contribution in [3.8, 4) is 0 Å². The van der Waals surface area contributed by atoms with Gasteiger partial charge >= 0.3 is 0 Å². The van der Waals surface area contributed by atoms with E-state index in [0.29, 0.717) is 6.42 Å². The van der Waals surface area contributed by atoms with E-state index in [4.69, 9.17) is 4.74 Å². The molecule has 4 heteroatoms. The molecule has 0 aliphatic heterocycles. The van der Waals surface area contributed by atoms with E-state index in [9.17, 15) is 4.39 Å². The Morgan fingerprint density at radius 3 is 3.06 bits per heavy atom. The van der Waals surface area contributed by atoms with Crippen LogP contribution in [-0.4, -0.2) is 32.7 Å². The smallest absolute Gasteiger partial charge is 0.0902 e. The summed E-state index contributed by atoms with van der Waals surface area (Å²) in [6, 6.07) is 8.37. The highest BCUT2D eigenvalue weighted by molar-refractivity contribution is 7.99. The molecule has 0 atom stereocenters. The van der Waals surface area contributed by atoms with Gasteiger partial charge in [0.05, 0.1) is 13.3 Å². The Hall–Kier alpha value is -0.580. The number of alkyl halides is 1. The van der Waals surface area contributed by atoms with Crippen molar-refractivity contribution in [3.63, 3.8) is 0 Å². The topological polar surface area (TPSA) is 21.3 Å². The van der Waals surface area contributed by atoms with Crippen molar-refractivity contribution in [2.24, 2.45) is 0 Å². The number of thioether (sulfide) groups is 1. The van der Waals surface area contributed by atoms with Crippen LogP contribution < -0.4 is 5.32 Å². The van der Waals surface area contributed by atoms with E-state index in [1.807, 2.05) is 6.07 Å². The first-order valence-corrected chi connectivity index (χ1v) is 6.82. The van der Waals surface area contributed by atoms with Gasteiger partial charge in [0.2, 0.25) is 0 Å². The molecule has 0 unspecified atom stereocenters. The van der Waals surface area contributed by atoms with Crippen LogP contribution in [0.15, 0.2) is 29.2 Å². The molecule has 1 aromatic rings. The average Bonchev–Trinajstić information content (AvgIpc) is 2.36. The largest absolute Gasteiger partial charge is 0.383 e. The molecule has 2 nitrogen and oxygen atoms in total. The van der Waals surface area contributed by atoms with Gasteiger partial charge in [-0.25, -0.2) is 0 Å². The number of rotatable bonds is 9. The molecule has 0 amide bonds. The van der Waals surface area contributed by atoms with Crippen molar-refractivity contribution in [2.45, 2.75) is 17.9 Å². The zero-order chi connectivity index (χ0) is 12.3. The predicted octanol–water partition coefficient (Wildman–Crippen LogP) is 2.87. The molecule has 0 bridgehead atoms. The molecule has 0 aliphatic carbocycles. The average molecular weight is 257 g/mol. The second-order valence-electron chi connectivity index (χ2n) is 3.71. The highest BCUT2D eigenvalue weighted by Crippen LogP contribution is 2.19. The standard InChI is InChI=1S/C13H20FNOS/c1-16-8-7-15-11-12-4-2-5-13(10-12)17-9-3-6-14/h2,4-5,10,15H,3,6-9,11H2,1H3. The Labute approximate surface area is 107 Å². The van der Waals surface area contributed by atoms with Gasteiger partial charge in [0, 0.05) is 30.8 Å². The van der Waals surface area contributed by atoms with Crippen LogP contribution in [0.3, 0.4) is 0 Å². The fraction of sp³-hybridized carbons (Fsp3) is 0.538. The highest BCUT2D eigenvalue weighted by atomic mass is 32.2. The molecule has 17 heavy (non-hydrogen) atoms. The molecule has 0 radical (unpaired) electrons. The first kappa shape index (κ1) is 14.5. The molecule has 0 saturated carbocycles. The molecular formula is C13H20FNOS. The third kappa shape index (κ3) is 6.66. The quantitative estimate of drug-likeness (QED) is 0.543. The summed E-state index contributed by atoms with van der Waals surface area (Å²) in [6.07, 6.45) is 0.626. The second-order valence-corrected chi connectivity index (χ2v) is 4.88. The Kier molecular flexibility index (Phi) is 8.05. The third-order valence-corrected chi connectivity index (χ3v) is 3.34. The Morgan fingerprint density at radius 1 is 1.41 bits per heavy atom. The van der Waals surface area contributed by atoms with E-state index in [0.717, 1.165) is 25.4 Å². The van der Waals surface area contributed by atoms with Gasteiger partial charge in [-0.15, -0.1) is 11.8 Å². The first-order chi connectivity index (χ1) is 8.36. The molecule has 1 aromatic carbocycles. The molecule has 0 aliphatic rings. The van der Waals surface area contributed by atoms with Crippen molar-refractivity contribution in [1.82, 2.24) is 5.32 Å². The van der Waals surface area contributed by atoms with Crippen LogP contribution in [0.5, 0.6) is 0 Å². The van der Waals surface area contributed by atoms with Crippen LogP contribution in [-0.2, 0) is 11.3 Å². The number of methoxy groups -OCH3 is 1. The predicted molar refractivity (Wildman–Crippen MR) is 71.3 cm³/mol. The summed E-state index contributed by atoms with van der Waals surface area (Å²) in [6.45, 7) is 2.20. The zero-order valence-electron chi connectivity index (χ0n) is 10.2. The van der Waals surface area contributed by atoms with Crippen LogP contribution in [0.4, 0.5) is 4.39 Å². The maximum absolute atomic E-state index is 12.0. The molecule has 0 aromatic heterocycles. The van der Waals surface area contributed by atoms with Gasteiger partial charge in [0.15, 0.2) is 0 Å². The van der Waals surface area contributed by atoms with Crippen LogP contribution >= 0.6 is 11.8 Å². The minimum Gasteiger partial charge on any atom is -0.383 e. The van der Waals surface area contributed by atoms with Crippen LogP contribution in [0.1, 0.15) is 12.0 Å². The SMILES string of the molecule is COCCNCc1cccc(SCCCF)c1. The lowest BCUT2D eigenvalue weighted by Gasteiger charge is -2.06. The van der Waals surface area contributed by atoms with Crippen molar-refractivity contribution >= 4 is 11.8 Å². The zero-order valence-corrected chi connectivity index (χ0v) is 11.1. The van der Waals surface area contributed by atoms with Crippen LogP contribution in [0, 0.1) is 0 Å². The Bertz CT molecular complexity index is 309. The lowest BCUT2D eigenvalue weighted by Crippen LogP contribution is -2.18. The van der Waals surface area contributed by atoms with Gasteiger partial charge in [-0.2, -0.15) is 0 Å². The van der Waals surface area contributed by atoms with Crippen molar-refractivity contribution in [1.29, 1.82) is 0 Å². The van der Waals surface area contributed by atoms with Crippen molar-refractivity contribution in [3.05, 3.63) is 29.8 Å². The summed E-state index contributed by atoms with van der Waals surface area (Å²) in [5.74, 6) is 0.844. The third-order valence-electron chi connectivity index (χ3n) is 2.26. The Balaban J connectivity index is 2.31. The maximum Gasteiger partial charge on any atom is 0.0902 e. The van der Waals surface area contributed by atoms with Gasteiger partial charge in [-0.05, 0) is 24.1 Å². The fourth-order valence-corrected chi connectivity index (χ4v) is 2.30. The van der Waals surface area contributed by atoms with Crippen molar-refractivity contribution in [2.75, 3.05) is 32.7 Å². The molecule has 0 heterocycles. The minimum atomic E-state index is -0.231. The highest BCUT2D eigenvalue weighted by Gasteiger charge is 1.97. The first-order valence-electron chi connectivity index (χ1n) is 5.84. The minimum absolute atomic E-state index is 0.231. The van der Waals surface area contributed by atoms with Crippen molar-refractivity contribution < 1.29 is 9.13 Å². The number of benzene rings is 1. The number of halogens is 1. The monoisotopic (exact) mass is 257 g/mol. The number of hydrogen-bond acceptors (Lipinski definition) is 3. The molecule has 0 spiro atoms. The number of ether oxygens (including phenoxy) is 1. The van der Waals surface area contributed by atoms with Gasteiger partial charge < -0.3 is 10.1 Å². The molecule has 0 fully saturated rings. The van der Waals surface area contributed by atoms with Crippen LogP contribution in [0.2, 0.25) is 0 Å². The van der Waals surface area contributed by atoms with Crippen LogP contribution in [0.25, 0.3) is 0 Å². The normalized spacial score (nSPS) is 10.7. The lowest BCUT2D eigenvalue weighted by molar-refractivity contribution is 0.199. The second kappa shape index (κ2) is 9.45. The number of hydrogen-bond donors (Lipinski definition) is 1. The molecule has 1 N–H and O–H groups in total. The molecule has 0 saturated heterocycles. The summed E-state index contributed by atoms with van der Waals surface area (Å²) in [4.78, 5) is 1.21. The van der Waals surface area contributed by atoms with E-state index >= 15 is 0 Å².